The molecule has 0 aromatic heterocycles. The van der Waals surface area contributed by atoms with Gasteiger partial charge in [-0.15, -0.1) is 0 Å². The second kappa shape index (κ2) is 7.51. The van der Waals surface area contributed by atoms with Crippen LogP contribution in [0.1, 0.15) is 45.4 Å². The SMILES string of the molecule is CCC(C(=O)O)S(=O)CC(=O)NC1CCCCC1. The van der Waals surface area contributed by atoms with Gasteiger partial charge >= 0.3 is 5.97 Å². The first-order chi connectivity index (χ1) is 8.54. The minimum atomic E-state index is -1.63. The fourth-order valence-electron chi connectivity index (χ4n) is 2.22. The molecule has 0 spiro atoms. The summed E-state index contributed by atoms with van der Waals surface area (Å²) < 4.78 is 11.7. The average molecular weight is 275 g/mol. The van der Waals surface area contributed by atoms with E-state index in [1.807, 2.05) is 0 Å². The predicted molar refractivity (Wildman–Crippen MR) is 69.7 cm³/mol. The smallest absolute Gasteiger partial charge is 0.319 e. The van der Waals surface area contributed by atoms with E-state index in [2.05, 4.69) is 5.32 Å². The average Bonchev–Trinajstić information content (AvgIpc) is 2.30. The maximum atomic E-state index is 11.7. The Labute approximate surface area is 110 Å². The molecular formula is C12H21NO4S. The molecule has 1 fully saturated rings. The Morgan fingerprint density at radius 2 is 1.94 bits per heavy atom. The van der Waals surface area contributed by atoms with Crippen LogP contribution in [0.15, 0.2) is 0 Å². The first-order valence-electron chi connectivity index (χ1n) is 6.44. The van der Waals surface area contributed by atoms with Crippen molar-refractivity contribution >= 4 is 22.7 Å². The van der Waals surface area contributed by atoms with Crippen LogP contribution in [0, 0.1) is 0 Å². The molecule has 2 atom stereocenters. The standard InChI is InChI=1S/C12H21NO4S/c1-2-10(12(15)16)18(17)8-11(14)13-9-6-4-3-5-7-9/h9-10H,2-8H2,1H3,(H,13,14)(H,15,16). The third kappa shape index (κ3) is 4.76. The molecule has 1 rings (SSSR count). The van der Waals surface area contributed by atoms with Crippen LogP contribution in [-0.4, -0.2) is 38.2 Å². The molecule has 0 aromatic carbocycles. The molecule has 1 amide bonds. The summed E-state index contributed by atoms with van der Waals surface area (Å²) >= 11 is 0. The summed E-state index contributed by atoms with van der Waals surface area (Å²) in [7, 11) is -1.63. The van der Waals surface area contributed by atoms with Gasteiger partial charge in [-0.3, -0.25) is 13.8 Å². The molecule has 1 aliphatic carbocycles. The van der Waals surface area contributed by atoms with E-state index in [4.69, 9.17) is 5.11 Å². The van der Waals surface area contributed by atoms with Crippen molar-refractivity contribution in [1.82, 2.24) is 5.32 Å². The molecule has 18 heavy (non-hydrogen) atoms. The number of carboxylic acid groups (broad SMARTS) is 1. The molecule has 0 aromatic rings. The van der Waals surface area contributed by atoms with Crippen molar-refractivity contribution in [2.24, 2.45) is 0 Å². The minimum Gasteiger partial charge on any atom is -0.480 e. The molecule has 2 N–H and O–H groups in total. The van der Waals surface area contributed by atoms with Crippen molar-refractivity contribution in [2.45, 2.75) is 56.7 Å². The summed E-state index contributed by atoms with van der Waals surface area (Å²) in [6, 6.07) is 0.174. The van der Waals surface area contributed by atoms with E-state index in [1.165, 1.54) is 6.42 Å². The fourth-order valence-corrected chi connectivity index (χ4v) is 3.36. The van der Waals surface area contributed by atoms with Gasteiger partial charge in [-0.2, -0.15) is 0 Å². The molecule has 0 heterocycles. The largest absolute Gasteiger partial charge is 0.480 e. The molecule has 2 unspecified atom stereocenters. The quantitative estimate of drug-likeness (QED) is 0.759. The first-order valence-corrected chi connectivity index (χ1v) is 7.82. The number of amides is 1. The lowest BCUT2D eigenvalue weighted by molar-refractivity contribution is -0.136. The van der Waals surface area contributed by atoms with Gasteiger partial charge in [0.1, 0.15) is 11.0 Å². The Morgan fingerprint density at radius 3 is 2.44 bits per heavy atom. The molecular weight excluding hydrogens is 254 g/mol. The zero-order valence-corrected chi connectivity index (χ0v) is 11.5. The summed E-state index contributed by atoms with van der Waals surface area (Å²) in [5.74, 6) is -1.59. The van der Waals surface area contributed by atoms with Crippen LogP contribution in [0.4, 0.5) is 0 Å². The van der Waals surface area contributed by atoms with E-state index in [1.54, 1.807) is 6.92 Å². The summed E-state index contributed by atoms with van der Waals surface area (Å²) in [4.78, 5) is 22.5. The molecule has 0 aliphatic heterocycles. The Kier molecular flexibility index (Phi) is 6.32. The number of carboxylic acids is 1. The highest BCUT2D eigenvalue weighted by Crippen LogP contribution is 2.17. The zero-order valence-electron chi connectivity index (χ0n) is 10.7. The Bertz CT molecular complexity index is 326. The van der Waals surface area contributed by atoms with E-state index in [-0.39, 0.29) is 24.1 Å². The van der Waals surface area contributed by atoms with Gasteiger partial charge < -0.3 is 10.4 Å². The maximum absolute atomic E-state index is 11.7. The zero-order chi connectivity index (χ0) is 13.5. The highest BCUT2D eigenvalue weighted by atomic mass is 32.2. The maximum Gasteiger partial charge on any atom is 0.319 e. The molecule has 1 aliphatic rings. The summed E-state index contributed by atoms with van der Waals surface area (Å²) in [5.41, 5.74) is 0. The lowest BCUT2D eigenvalue weighted by Crippen LogP contribution is -2.40. The number of hydrogen-bond acceptors (Lipinski definition) is 3. The lowest BCUT2D eigenvalue weighted by Gasteiger charge is -2.22. The third-order valence-corrected chi connectivity index (χ3v) is 4.92. The van der Waals surface area contributed by atoms with E-state index >= 15 is 0 Å². The Morgan fingerprint density at radius 1 is 1.33 bits per heavy atom. The van der Waals surface area contributed by atoms with Crippen LogP contribution < -0.4 is 5.32 Å². The second-order valence-electron chi connectivity index (χ2n) is 4.66. The third-order valence-electron chi connectivity index (χ3n) is 3.21. The lowest BCUT2D eigenvalue weighted by atomic mass is 9.95. The molecule has 5 nitrogen and oxygen atoms in total. The van der Waals surface area contributed by atoms with Crippen molar-refractivity contribution in [1.29, 1.82) is 0 Å². The van der Waals surface area contributed by atoms with Crippen molar-refractivity contribution < 1.29 is 18.9 Å². The second-order valence-corrected chi connectivity index (χ2v) is 6.28. The van der Waals surface area contributed by atoms with E-state index in [9.17, 15) is 13.8 Å². The Hall–Kier alpha value is -0.910. The number of rotatable bonds is 6. The van der Waals surface area contributed by atoms with Gasteiger partial charge in [0.2, 0.25) is 5.91 Å². The van der Waals surface area contributed by atoms with Gasteiger partial charge in [-0.25, -0.2) is 0 Å². The van der Waals surface area contributed by atoms with Gasteiger partial charge in [0.25, 0.3) is 0 Å². The van der Waals surface area contributed by atoms with Crippen LogP contribution in [-0.2, 0) is 20.4 Å². The van der Waals surface area contributed by atoms with E-state index in [0.717, 1.165) is 25.7 Å². The number of aliphatic carboxylic acids is 1. The van der Waals surface area contributed by atoms with Gasteiger partial charge in [0.15, 0.2) is 0 Å². The topological polar surface area (TPSA) is 83.5 Å². The monoisotopic (exact) mass is 275 g/mol. The highest BCUT2D eigenvalue weighted by molar-refractivity contribution is 7.87. The van der Waals surface area contributed by atoms with Gasteiger partial charge in [0, 0.05) is 16.8 Å². The summed E-state index contributed by atoms with van der Waals surface area (Å²) in [6.07, 6.45) is 5.64. The van der Waals surface area contributed by atoms with Crippen LogP contribution in [0.25, 0.3) is 0 Å². The number of carbonyl (C=O) groups is 2. The van der Waals surface area contributed by atoms with Crippen molar-refractivity contribution in [3.8, 4) is 0 Å². The number of carbonyl (C=O) groups excluding carboxylic acids is 1. The predicted octanol–water partition coefficient (Wildman–Crippen LogP) is 1.05. The normalized spacial score (nSPS) is 20.1. The first kappa shape index (κ1) is 15.1. The van der Waals surface area contributed by atoms with E-state index in [0.29, 0.717) is 0 Å². The van der Waals surface area contributed by atoms with E-state index < -0.39 is 22.0 Å². The summed E-state index contributed by atoms with van der Waals surface area (Å²) in [6.45, 7) is 1.66. The molecule has 6 heteroatoms. The molecule has 0 bridgehead atoms. The molecule has 104 valence electrons. The highest BCUT2D eigenvalue weighted by Gasteiger charge is 2.25. The van der Waals surface area contributed by atoms with Gasteiger partial charge in [-0.1, -0.05) is 26.2 Å². The van der Waals surface area contributed by atoms with Crippen LogP contribution in [0.5, 0.6) is 0 Å². The fraction of sp³-hybridized carbons (Fsp3) is 0.833. The van der Waals surface area contributed by atoms with Crippen LogP contribution in [0.3, 0.4) is 0 Å². The minimum absolute atomic E-state index is 0.174. The van der Waals surface area contributed by atoms with Crippen molar-refractivity contribution in [3.05, 3.63) is 0 Å². The summed E-state index contributed by atoms with van der Waals surface area (Å²) in [5, 5.41) is 10.8. The van der Waals surface area contributed by atoms with Crippen molar-refractivity contribution in [2.75, 3.05) is 5.75 Å². The molecule has 0 saturated heterocycles. The van der Waals surface area contributed by atoms with Crippen LogP contribution in [0.2, 0.25) is 0 Å². The number of nitrogens with one attached hydrogen (secondary N) is 1. The molecule has 1 saturated carbocycles. The van der Waals surface area contributed by atoms with Crippen molar-refractivity contribution in [3.63, 3.8) is 0 Å². The van der Waals surface area contributed by atoms with Gasteiger partial charge in [-0.05, 0) is 19.3 Å². The Balaban J connectivity index is 2.38. The molecule has 0 radical (unpaired) electrons. The van der Waals surface area contributed by atoms with Crippen LogP contribution >= 0.6 is 0 Å². The van der Waals surface area contributed by atoms with Gasteiger partial charge in [0.05, 0.1) is 0 Å². The number of hydrogen-bond donors (Lipinski definition) is 2.